The Kier molecular flexibility index (Phi) is 11.2. The molecule has 0 aromatic rings. The zero-order chi connectivity index (χ0) is 27.4. The van der Waals surface area contributed by atoms with Crippen LogP contribution in [-0.2, 0) is 9.53 Å². The van der Waals surface area contributed by atoms with Crippen LogP contribution >= 0.6 is 31.9 Å². The summed E-state index contributed by atoms with van der Waals surface area (Å²) < 4.78 is 6.12. The van der Waals surface area contributed by atoms with Crippen LogP contribution < -0.4 is 0 Å². The molecule has 4 aliphatic rings. The van der Waals surface area contributed by atoms with Gasteiger partial charge in [-0.05, 0) is 92.3 Å². The molecule has 4 aliphatic carbocycles. The summed E-state index contributed by atoms with van der Waals surface area (Å²) in [5.74, 6) is 3.53. The monoisotopic (exact) mass is 656 g/mol. The van der Waals surface area contributed by atoms with E-state index < -0.39 is 0 Å². The van der Waals surface area contributed by atoms with E-state index in [1.165, 1.54) is 96.3 Å². The van der Waals surface area contributed by atoms with Crippen molar-refractivity contribution in [3.8, 4) is 0 Å². The van der Waals surface area contributed by atoms with E-state index in [0.717, 1.165) is 49.4 Å². The Morgan fingerprint density at radius 3 is 2.26 bits per heavy atom. The van der Waals surface area contributed by atoms with Gasteiger partial charge >= 0.3 is 5.97 Å². The highest BCUT2D eigenvalue weighted by atomic mass is 79.9. The van der Waals surface area contributed by atoms with E-state index in [0.29, 0.717) is 16.7 Å². The van der Waals surface area contributed by atoms with E-state index in [1.807, 2.05) is 0 Å². The number of fused-ring (bicyclic) bond motifs is 5. The predicted molar refractivity (Wildman–Crippen MR) is 168 cm³/mol. The molecule has 0 bridgehead atoms. The van der Waals surface area contributed by atoms with E-state index in [9.17, 15) is 4.79 Å². The van der Waals surface area contributed by atoms with Gasteiger partial charge in [-0.25, -0.2) is 0 Å². The maximum absolute atomic E-state index is 12.6. The molecular formula is C34H58Br2O2. The molecule has 220 valence electrons. The second-order valence-corrected chi connectivity index (χ2v) is 16.9. The Labute approximate surface area is 252 Å². The Balaban J connectivity index is 1.36. The molecule has 0 aliphatic heterocycles. The van der Waals surface area contributed by atoms with Gasteiger partial charge in [-0.3, -0.25) is 4.79 Å². The average molecular weight is 659 g/mol. The first kappa shape index (κ1) is 31.4. The van der Waals surface area contributed by atoms with Gasteiger partial charge in [-0.1, -0.05) is 117 Å². The second kappa shape index (κ2) is 13.6. The van der Waals surface area contributed by atoms with Crippen molar-refractivity contribution >= 4 is 37.8 Å². The smallest absolute Gasteiger partial charge is 0.306 e. The zero-order valence-corrected chi connectivity index (χ0v) is 28.4. The lowest BCUT2D eigenvalue weighted by atomic mass is 9.44. The van der Waals surface area contributed by atoms with Crippen molar-refractivity contribution in [2.75, 3.05) is 0 Å². The fourth-order valence-electron chi connectivity index (χ4n) is 9.94. The lowest BCUT2D eigenvalue weighted by Crippen LogP contribution is -2.64. The number of ether oxygens (including phenoxy) is 1. The number of halogens is 2. The second-order valence-electron chi connectivity index (χ2n) is 14.4. The summed E-state index contributed by atoms with van der Waals surface area (Å²) in [5, 5.41) is 0. The third-order valence-electron chi connectivity index (χ3n) is 12.3. The summed E-state index contributed by atoms with van der Waals surface area (Å²) >= 11 is 8.63. The normalized spacial score (nSPS) is 42.3. The molecule has 9 atom stereocenters. The van der Waals surface area contributed by atoms with Gasteiger partial charge in [0.1, 0.15) is 6.10 Å². The number of alkyl halides is 2. The van der Waals surface area contributed by atoms with Crippen LogP contribution in [0.25, 0.3) is 0 Å². The summed E-state index contributed by atoms with van der Waals surface area (Å²) in [4.78, 5) is 13.1. The minimum absolute atomic E-state index is 0.0246. The minimum atomic E-state index is 0.0246. The first-order valence-corrected chi connectivity index (χ1v) is 18.4. The Morgan fingerprint density at radius 1 is 0.842 bits per heavy atom. The van der Waals surface area contributed by atoms with E-state index in [4.69, 9.17) is 4.74 Å². The van der Waals surface area contributed by atoms with Crippen molar-refractivity contribution in [1.82, 2.24) is 0 Å². The van der Waals surface area contributed by atoms with E-state index >= 15 is 0 Å². The third-order valence-corrected chi connectivity index (χ3v) is 15.9. The highest BCUT2D eigenvalue weighted by Gasteiger charge is 2.66. The van der Waals surface area contributed by atoms with Gasteiger partial charge in [0.25, 0.3) is 0 Å². The van der Waals surface area contributed by atoms with Gasteiger partial charge in [0, 0.05) is 22.0 Å². The van der Waals surface area contributed by atoms with Crippen LogP contribution in [0.1, 0.15) is 156 Å². The molecule has 0 saturated heterocycles. The van der Waals surface area contributed by atoms with Gasteiger partial charge in [0.05, 0.1) is 0 Å². The number of carbonyl (C=O) groups excluding carboxylic acids is 1. The van der Waals surface area contributed by atoms with E-state index in [1.54, 1.807) is 0 Å². The molecule has 0 heterocycles. The van der Waals surface area contributed by atoms with Crippen LogP contribution in [0.3, 0.4) is 0 Å². The fraction of sp³-hybridized carbons (Fsp3) is 0.971. The minimum Gasteiger partial charge on any atom is -0.462 e. The molecule has 4 rings (SSSR count). The summed E-state index contributed by atoms with van der Waals surface area (Å²) in [5.41, 5.74) is 0.831. The maximum Gasteiger partial charge on any atom is 0.306 e. The quantitative estimate of drug-likeness (QED) is 0.112. The summed E-state index contributed by atoms with van der Waals surface area (Å²) in [6.07, 6.45) is 25.4. The molecule has 0 spiro atoms. The first-order valence-electron chi connectivity index (χ1n) is 16.7. The number of hydrogen-bond acceptors (Lipinski definition) is 2. The number of carbonyl (C=O) groups is 1. The highest BCUT2D eigenvalue weighted by molar-refractivity contribution is 9.12. The van der Waals surface area contributed by atoms with E-state index in [-0.39, 0.29) is 21.8 Å². The molecule has 38 heavy (non-hydrogen) atoms. The van der Waals surface area contributed by atoms with Crippen molar-refractivity contribution in [1.29, 1.82) is 0 Å². The van der Waals surface area contributed by atoms with Crippen molar-refractivity contribution in [3.05, 3.63) is 0 Å². The molecule has 0 radical (unpaired) electrons. The summed E-state index contributed by atoms with van der Waals surface area (Å²) in [6.45, 7) is 9.82. The third kappa shape index (κ3) is 6.27. The molecule has 0 unspecified atom stereocenters. The number of rotatable bonds is 13. The molecule has 0 aromatic carbocycles. The molecule has 4 saturated carbocycles. The van der Waals surface area contributed by atoms with Gasteiger partial charge in [0.2, 0.25) is 0 Å². The summed E-state index contributed by atoms with van der Waals surface area (Å²) in [6, 6.07) is 0. The maximum atomic E-state index is 12.6. The lowest BCUT2D eigenvalue weighted by molar-refractivity contribution is -0.157. The van der Waals surface area contributed by atoms with E-state index in [2.05, 4.69) is 59.6 Å². The Bertz CT molecular complexity index is 772. The topological polar surface area (TPSA) is 26.3 Å². The molecule has 0 aromatic heterocycles. The number of hydrogen-bond donors (Lipinski definition) is 0. The largest absolute Gasteiger partial charge is 0.462 e. The van der Waals surface area contributed by atoms with Crippen LogP contribution in [0.15, 0.2) is 0 Å². The van der Waals surface area contributed by atoms with Crippen molar-refractivity contribution in [2.24, 2.45) is 34.5 Å². The molecule has 2 nitrogen and oxygen atoms in total. The predicted octanol–water partition coefficient (Wildman–Crippen LogP) is 11.2. The van der Waals surface area contributed by atoms with Crippen molar-refractivity contribution < 1.29 is 9.53 Å². The van der Waals surface area contributed by atoms with Gasteiger partial charge in [-0.2, -0.15) is 0 Å². The van der Waals surface area contributed by atoms with Crippen LogP contribution in [0.2, 0.25) is 0 Å². The van der Waals surface area contributed by atoms with Crippen LogP contribution in [0, 0.1) is 34.5 Å². The van der Waals surface area contributed by atoms with Gasteiger partial charge < -0.3 is 4.74 Å². The molecule has 4 fully saturated rings. The summed E-state index contributed by atoms with van der Waals surface area (Å²) in [7, 11) is 0. The van der Waals surface area contributed by atoms with Crippen molar-refractivity contribution in [3.63, 3.8) is 0 Å². The van der Waals surface area contributed by atoms with Crippen LogP contribution in [0.4, 0.5) is 0 Å². The molecule has 0 N–H and O–H groups in total. The van der Waals surface area contributed by atoms with Gasteiger partial charge in [0.15, 0.2) is 0 Å². The lowest BCUT2D eigenvalue weighted by Gasteiger charge is -2.65. The number of unbranched alkanes of at least 4 members (excludes halogenated alkanes) is 8. The Hall–Kier alpha value is 0.430. The fourth-order valence-corrected chi connectivity index (χ4v) is 12.1. The van der Waals surface area contributed by atoms with Gasteiger partial charge in [-0.15, -0.1) is 0 Å². The zero-order valence-electron chi connectivity index (χ0n) is 25.2. The molecular weight excluding hydrogens is 600 g/mol. The first-order chi connectivity index (χ1) is 18.2. The average Bonchev–Trinajstić information content (AvgIpc) is 3.22. The van der Waals surface area contributed by atoms with Crippen LogP contribution in [0.5, 0.6) is 0 Å². The SMILES string of the molecule is CCCCCCCC[C@H]1CC[C@H]2[C@@H]3C[C@@H](Br)[C@@]4(Br)C[C@@H](OC(=O)CCCCCC)CC[C@]4(C)[C@H]3CC[C@]12C. The molecule has 0 amide bonds. The highest BCUT2D eigenvalue weighted by Crippen LogP contribution is 2.71. The standard InChI is InChI=1S/C34H58Br2O2/c1-5-7-9-11-12-13-15-25-17-18-28-27-23-30(35)34(36)24-26(38-31(37)16-14-10-8-6-2)19-22-33(34,4)29(27)20-21-32(25,28)3/h25-30H,5-24H2,1-4H3/t25-,26-,27-,28-,29-,30+,32+,33+,34-/m0/s1. The number of esters is 1. The van der Waals surface area contributed by atoms with Crippen molar-refractivity contribution in [2.45, 2.75) is 171 Å². The van der Waals surface area contributed by atoms with Crippen LogP contribution in [-0.4, -0.2) is 21.2 Å². The Morgan fingerprint density at radius 2 is 1.53 bits per heavy atom. The molecule has 4 heteroatoms.